The third-order valence-corrected chi connectivity index (χ3v) is 5.20. The first-order chi connectivity index (χ1) is 14.9. The Balaban J connectivity index is 1.72. The highest BCUT2D eigenvalue weighted by Crippen LogP contribution is 2.34. The van der Waals surface area contributed by atoms with Crippen molar-refractivity contribution in [1.82, 2.24) is 14.8 Å². The van der Waals surface area contributed by atoms with Crippen molar-refractivity contribution in [1.29, 1.82) is 0 Å². The van der Waals surface area contributed by atoms with E-state index in [4.69, 9.17) is 9.47 Å². The molecule has 0 aliphatic rings. The van der Waals surface area contributed by atoms with Gasteiger partial charge in [0.15, 0.2) is 5.65 Å². The molecule has 4 rings (SSSR count). The van der Waals surface area contributed by atoms with Gasteiger partial charge in [0.05, 0.1) is 30.9 Å². The van der Waals surface area contributed by atoms with Gasteiger partial charge in [-0.25, -0.2) is 4.98 Å². The number of hydrogen-bond acceptors (Lipinski definition) is 5. The van der Waals surface area contributed by atoms with E-state index in [1.807, 2.05) is 63.4 Å². The predicted octanol–water partition coefficient (Wildman–Crippen LogP) is 4.52. The molecule has 2 aromatic heterocycles. The number of aryl methyl sites for hydroxylation is 3. The predicted molar refractivity (Wildman–Crippen MR) is 121 cm³/mol. The van der Waals surface area contributed by atoms with Crippen LogP contribution in [0.5, 0.6) is 11.5 Å². The first-order valence-electron chi connectivity index (χ1n) is 9.86. The number of anilines is 1. The number of carbonyl (C=O) groups is 1. The van der Waals surface area contributed by atoms with Crippen molar-refractivity contribution in [3.63, 3.8) is 0 Å². The van der Waals surface area contributed by atoms with Crippen LogP contribution in [0.3, 0.4) is 0 Å². The van der Waals surface area contributed by atoms with Gasteiger partial charge < -0.3 is 14.8 Å². The molecule has 0 unspecified atom stereocenters. The zero-order chi connectivity index (χ0) is 22.1. The molecule has 1 amide bonds. The highest BCUT2D eigenvalue weighted by Gasteiger charge is 2.18. The number of hydrogen-bond donors (Lipinski definition) is 1. The summed E-state index contributed by atoms with van der Waals surface area (Å²) in [7, 11) is 5.09. The largest absolute Gasteiger partial charge is 0.497 e. The molecule has 4 aromatic rings. The second-order valence-electron chi connectivity index (χ2n) is 7.32. The molecule has 7 heteroatoms. The summed E-state index contributed by atoms with van der Waals surface area (Å²) in [6, 6.07) is 15.1. The summed E-state index contributed by atoms with van der Waals surface area (Å²) < 4.78 is 12.5. The maximum absolute atomic E-state index is 13.2. The number of carbonyl (C=O) groups excluding carboxylic acids is 1. The van der Waals surface area contributed by atoms with Crippen LogP contribution in [0.1, 0.15) is 21.7 Å². The lowest BCUT2D eigenvalue weighted by Crippen LogP contribution is -2.13. The van der Waals surface area contributed by atoms with Gasteiger partial charge in [-0.05, 0) is 55.8 Å². The van der Waals surface area contributed by atoms with E-state index in [0.29, 0.717) is 22.6 Å². The highest BCUT2D eigenvalue weighted by atomic mass is 16.5. The molecule has 0 aliphatic heterocycles. The fourth-order valence-electron chi connectivity index (χ4n) is 3.73. The molecule has 7 nitrogen and oxygen atoms in total. The molecule has 0 radical (unpaired) electrons. The quantitative estimate of drug-likeness (QED) is 0.517. The Morgan fingerprint density at radius 2 is 1.74 bits per heavy atom. The van der Waals surface area contributed by atoms with Crippen molar-refractivity contribution >= 4 is 22.6 Å². The number of nitrogens with zero attached hydrogens (tertiary/aromatic N) is 3. The molecule has 0 fully saturated rings. The number of methoxy groups -OCH3 is 2. The number of nitrogens with one attached hydrogen (secondary N) is 1. The van der Waals surface area contributed by atoms with Crippen molar-refractivity contribution in [3.05, 3.63) is 65.5 Å². The summed E-state index contributed by atoms with van der Waals surface area (Å²) in [5.74, 6) is 1.28. The van der Waals surface area contributed by atoms with Crippen molar-refractivity contribution in [2.24, 2.45) is 7.05 Å². The Labute approximate surface area is 180 Å². The van der Waals surface area contributed by atoms with E-state index in [1.165, 1.54) is 0 Å². The van der Waals surface area contributed by atoms with E-state index in [9.17, 15) is 4.79 Å². The van der Waals surface area contributed by atoms with Crippen molar-refractivity contribution in [3.8, 4) is 22.6 Å². The fourth-order valence-corrected chi connectivity index (χ4v) is 3.73. The number of rotatable bonds is 5. The van der Waals surface area contributed by atoms with Crippen molar-refractivity contribution in [2.45, 2.75) is 13.8 Å². The molecule has 31 heavy (non-hydrogen) atoms. The summed E-state index contributed by atoms with van der Waals surface area (Å²) in [6.45, 7) is 3.75. The van der Waals surface area contributed by atoms with Gasteiger partial charge in [0.1, 0.15) is 11.5 Å². The minimum atomic E-state index is -0.211. The van der Waals surface area contributed by atoms with Crippen LogP contribution in [0.15, 0.2) is 48.5 Å². The normalized spacial score (nSPS) is 10.9. The number of aromatic nitrogens is 3. The topological polar surface area (TPSA) is 78.3 Å². The van der Waals surface area contributed by atoms with Crippen LogP contribution in [0, 0.1) is 13.8 Å². The number of fused-ring (bicyclic) bond motifs is 1. The second kappa shape index (κ2) is 8.10. The number of ether oxygens (including phenoxy) is 2. The summed E-state index contributed by atoms with van der Waals surface area (Å²) >= 11 is 0. The van der Waals surface area contributed by atoms with Crippen LogP contribution in [0.4, 0.5) is 5.69 Å². The second-order valence-corrected chi connectivity index (χ2v) is 7.32. The summed E-state index contributed by atoms with van der Waals surface area (Å²) in [5, 5.41) is 8.19. The van der Waals surface area contributed by atoms with Crippen LogP contribution in [-0.2, 0) is 7.05 Å². The Hall–Kier alpha value is -3.87. The molecule has 158 valence electrons. The van der Waals surface area contributed by atoms with Gasteiger partial charge in [-0.2, -0.15) is 5.10 Å². The zero-order valence-corrected chi connectivity index (χ0v) is 18.2. The highest BCUT2D eigenvalue weighted by molar-refractivity contribution is 6.12. The Kier molecular flexibility index (Phi) is 5.33. The van der Waals surface area contributed by atoms with Gasteiger partial charge in [-0.15, -0.1) is 0 Å². The van der Waals surface area contributed by atoms with Crippen LogP contribution >= 0.6 is 0 Å². The van der Waals surface area contributed by atoms with Gasteiger partial charge in [0, 0.05) is 24.0 Å². The molecule has 2 aromatic carbocycles. The number of benzene rings is 2. The van der Waals surface area contributed by atoms with Gasteiger partial charge in [0.2, 0.25) is 0 Å². The zero-order valence-electron chi connectivity index (χ0n) is 18.2. The van der Waals surface area contributed by atoms with Gasteiger partial charge in [0.25, 0.3) is 5.91 Å². The molecule has 2 heterocycles. The van der Waals surface area contributed by atoms with E-state index in [1.54, 1.807) is 25.0 Å². The van der Waals surface area contributed by atoms with E-state index in [0.717, 1.165) is 33.7 Å². The average Bonchev–Trinajstić information content (AvgIpc) is 3.06. The molecule has 0 aliphatic carbocycles. The SMILES string of the molecule is COc1ccc(-c2cc(NC(=O)c3cc(C)nc4c3c(C)nn4C)ccc2OC)cc1. The molecule has 0 saturated heterocycles. The lowest BCUT2D eigenvalue weighted by molar-refractivity contribution is 0.102. The minimum absolute atomic E-state index is 0.211. The Morgan fingerprint density at radius 3 is 2.42 bits per heavy atom. The first kappa shape index (κ1) is 20.4. The lowest BCUT2D eigenvalue weighted by atomic mass is 10.0. The molecule has 1 N–H and O–H groups in total. The smallest absolute Gasteiger partial charge is 0.256 e. The van der Waals surface area contributed by atoms with E-state index in [2.05, 4.69) is 15.4 Å². The summed E-state index contributed by atoms with van der Waals surface area (Å²) in [6.07, 6.45) is 0. The fraction of sp³-hybridized carbons (Fsp3) is 0.208. The Bertz CT molecular complexity index is 1280. The summed E-state index contributed by atoms with van der Waals surface area (Å²) in [5.41, 5.74) is 5.26. The van der Waals surface area contributed by atoms with E-state index in [-0.39, 0.29) is 5.91 Å². The standard InChI is InChI=1S/C24H24N4O3/c1-14-12-20(22-15(2)27-28(3)23(22)25-14)24(29)26-17-8-11-21(31-5)19(13-17)16-6-9-18(30-4)10-7-16/h6-13H,1-5H3,(H,26,29). The monoisotopic (exact) mass is 416 g/mol. The van der Waals surface area contributed by atoms with Crippen molar-refractivity contribution in [2.75, 3.05) is 19.5 Å². The number of pyridine rings is 1. The molecule has 0 atom stereocenters. The third kappa shape index (κ3) is 3.82. The first-order valence-corrected chi connectivity index (χ1v) is 9.86. The minimum Gasteiger partial charge on any atom is -0.497 e. The molecular weight excluding hydrogens is 392 g/mol. The number of amides is 1. The van der Waals surface area contributed by atoms with Crippen LogP contribution in [0.2, 0.25) is 0 Å². The molecule has 0 saturated carbocycles. The maximum atomic E-state index is 13.2. The van der Waals surface area contributed by atoms with Crippen molar-refractivity contribution < 1.29 is 14.3 Å². The van der Waals surface area contributed by atoms with Crippen LogP contribution in [-0.4, -0.2) is 34.9 Å². The third-order valence-electron chi connectivity index (χ3n) is 5.20. The lowest BCUT2D eigenvalue weighted by Gasteiger charge is -2.13. The molecule has 0 bridgehead atoms. The van der Waals surface area contributed by atoms with Gasteiger partial charge in [-0.3, -0.25) is 9.48 Å². The van der Waals surface area contributed by atoms with Crippen LogP contribution in [0.25, 0.3) is 22.2 Å². The van der Waals surface area contributed by atoms with Gasteiger partial charge >= 0.3 is 0 Å². The molecular formula is C24H24N4O3. The van der Waals surface area contributed by atoms with Gasteiger partial charge in [-0.1, -0.05) is 12.1 Å². The summed E-state index contributed by atoms with van der Waals surface area (Å²) in [4.78, 5) is 17.7. The molecule has 0 spiro atoms. The van der Waals surface area contributed by atoms with E-state index >= 15 is 0 Å². The average molecular weight is 416 g/mol. The Morgan fingerprint density at radius 1 is 1.00 bits per heavy atom. The maximum Gasteiger partial charge on any atom is 0.256 e. The van der Waals surface area contributed by atoms with E-state index < -0.39 is 0 Å². The van der Waals surface area contributed by atoms with Crippen LogP contribution < -0.4 is 14.8 Å².